The van der Waals surface area contributed by atoms with Crippen LogP contribution in [0.5, 0.6) is 11.5 Å². The Kier molecular flexibility index (Phi) is 4.38. The van der Waals surface area contributed by atoms with Crippen molar-refractivity contribution in [3.8, 4) is 11.5 Å². The van der Waals surface area contributed by atoms with Crippen molar-refractivity contribution in [1.29, 1.82) is 0 Å². The van der Waals surface area contributed by atoms with Gasteiger partial charge in [0.2, 0.25) is 0 Å². The highest BCUT2D eigenvalue weighted by Crippen LogP contribution is 2.44. The van der Waals surface area contributed by atoms with E-state index in [1.165, 1.54) is 37.7 Å². The van der Waals surface area contributed by atoms with Crippen LogP contribution in [-0.2, 0) is 5.41 Å². The van der Waals surface area contributed by atoms with Crippen LogP contribution in [0, 0.1) is 5.92 Å². The Morgan fingerprint density at radius 1 is 1.00 bits per heavy atom. The topological polar surface area (TPSA) is 18.5 Å². The summed E-state index contributed by atoms with van der Waals surface area (Å²) in [5.41, 5.74) is 1.42. The van der Waals surface area contributed by atoms with Crippen LogP contribution < -0.4 is 9.47 Å². The fourth-order valence-electron chi connectivity index (χ4n) is 3.36. The maximum atomic E-state index is 5.57. The highest BCUT2D eigenvalue weighted by atomic mass is 16.5. The van der Waals surface area contributed by atoms with Gasteiger partial charge in [-0.2, -0.15) is 0 Å². The Labute approximate surface area is 117 Å². The Morgan fingerprint density at radius 3 is 2.26 bits per heavy atom. The van der Waals surface area contributed by atoms with E-state index < -0.39 is 0 Å². The van der Waals surface area contributed by atoms with Crippen LogP contribution in [0.15, 0.2) is 18.2 Å². The van der Waals surface area contributed by atoms with Gasteiger partial charge in [-0.15, -0.1) is 0 Å². The molecular weight excluding hydrogens is 236 g/mol. The van der Waals surface area contributed by atoms with E-state index in [0.29, 0.717) is 0 Å². The van der Waals surface area contributed by atoms with Gasteiger partial charge >= 0.3 is 0 Å². The lowest BCUT2D eigenvalue weighted by molar-refractivity contribution is 0.229. The first-order chi connectivity index (χ1) is 9.09. The average Bonchev–Trinajstić information content (AvgIpc) is 2.47. The molecule has 1 aliphatic carbocycles. The molecule has 2 rings (SSSR count). The lowest BCUT2D eigenvalue weighted by Crippen LogP contribution is -2.30. The quantitative estimate of drug-likeness (QED) is 0.792. The molecule has 1 fully saturated rings. The summed E-state index contributed by atoms with van der Waals surface area (Å²) in [5, 5.41) is 0. The molecule has 1 aliphatic rings. The lowest BCUT2D eigenvalue weighted by atomic mass is 9.67. The van der Waals surface area contributed by atoms with Gasteiger partial charge in [0.25, 0.3) is 0 Å². The number of hydrogen-bond donors (Lipinski definition) is 0. The minimum atomic E-state index is 0.139. The van der Waals surface area contributed by atoms with Crippen LogP contribution in [0.3, 0.4) is 0 Å². The number of rotatable bonds is 4. The minimum Gasteiger partial charge on any atom is -0.497 e. The highest BCUT2D eigenvalue weighted by molar-refractivity contribution is 5.44. The van der Waals surface area contributed by atoms with Gasteiger partial charge in [-0.05, 0) is 42.4 Å². The van der Waals surface area contributed by atoms with Crippen LogP contribution in [0.1, 0.15) is 51.5 Å². The molecule has 0 N–H and O–H groups in total. The fraction of sp³-hybridized carbons (Fsp3) is 0.647. The van der Waals surface area contributed by atoms with Gasteiger partial charge in [-0.3, -0.25) is 0 Å². The Hall–Kier alpha value is -1.18. The molecule has 1 saturated carbocycles. The zero-order valence-corrected chi connectivity index (χ0v) is 12.7. The van der Waals surface area contributed by atoms with Crippen molar-refractivity contribution in [1.82, 2.24) is 0 Å². The smallest absolute Gasteiger partial charge is 0.122 e. The maximum absolute atomic E-state index is 5.57. The molecule has 0 unspecified atom stereocenters. The predicted octanol–water partition coefficient (Wildman–Crippen LogP) is 4.56. The van der Waals surface area contributed by atoms with Crippen LogP contribution in [-0.4, -0.2) is 14.2 Å². The summed E-state index contributed by atoms with van der Waals surface area (Å²) in [4.78, 5) is 0. The van der Waals surface area contributed by atoms with E-state index in [4.69, 9.17) is 9.47 Å². The monoisotopic (exact) mass is 262 g/mol. The van der Waals surface area contributed by atoms with Crippen LogP contribution in [0.2, 0.25) is 0 Å². The molecule has 106 valence electrons. The number of ether oxygens (including phenoxy) is 2. The zero-order chi connectivity index (χ0) is 13.9. The normalized spacial score (nSPS) is 17.3. The molecular formula is C17H26O2. The Bertz CT molecular complexity index is 417. The third-order valence-corrected chi connectivity index (χ3v) is 4.73. The molecule has 0 saturated heterocycles. The average molecular weight is 262 g/mol. The van der Waals surface area contributed by atoms with Crippen LogP contribution in [0.4, 0.5) is 0 Å². The number of benzene rings is 1. The second-order valence-electron chi connectivity index (χ2n) is 6.12. The maximum Gasteiger partial charge on any atom is 0.122 e. The van der Waals surface area contributed by atoms with Crippen LogP contribution >= 0.6 is 0 Å². The highest BCUT2D eigenvalue weighted by Gasteiger charge is 2.34. The van der Waals surface area contributed by atoms with Crippen molar-refractivity contribution in [3.63, 3.8) is 0 Å². The molecule has 1 aromatic carbocycles. The van der Waals surface area contributed by atoms with E-state index in [1.807, 2.05) is 12.1 Å². The van der Waals surface area contributed by atoms with Crippen LogP contribution in [0.25, 0.3) is 0 Å². The molecule has 0 bridgehead atoms. The third-order valence-electron chi connectivity index (χ3n) is 4.73. The van der Waals surface area contributed by atoms with Gasteiger partial charge in [-0.25, -0.2) is 0 Å². The minimum absolute atomic E-state index is 0.139. The summed E-state index contributed by atoms with van der Waals surface area (Å²) in [5.74, 6) is 2.64. The van der Waals surface area contributed by atoms with Crippen molar-refractivity contribution in [3.05, 3.63) is 23.8 Å². The summed E-state index contributed by atoms with van der Waals surface area (Å²) in [6, 6.07) is 6.14. The first-order valence-electron chi connectivity index (χ1n) is 7.32. The van der Waals surface area contributed by atoms with Gasteiger partial charge in [0, 0.05) is 5.56 Å². The molecule has 0 amide bonds. The molecule has 0 aromatic heterocycles. The van der Waals surface area contributed by atoms with Gasteiger partial charge in [0.05, 0.1) is 14.2 Å². The molecule has 0 spiro atoms. The molecule has 0 aliphatic heterocycles. The molecule has 19 heavy (non-hydrogen) atoms. The standard InChI is InChI=1S/C17H26O2/c1-17(2,13-8-6-5-7-9-13)15-12-14(18-3)10-11-16(15)19-4/h10-13H,5-9H2,1-4H3. The van der Waals surface area contributed by atoms with E-state index >= 15 is 0 Å². The summed E-state index contributed by atoms with van der Waals surface area (Å²) >= 11 is 0. The predicted molar refractivity (Wildman–Crippen MR) is 79.1 cm³/mol. The molecule has 0 heterocycles. The third kappa shape index (κ3) is 2.88. The number of methoxy groups -OCH3 is 2. The molecule has 1 aromatic rings. The largest absolute Gasteiger partial charge is 0.497 e. The summed E-state index contributed by atoms with van der Waals surface area (Å²) in [6.45, 7) is 4.70. The summed E-state index contributed by atoms with van der Waals surface area (Å²) in [7, 11) is 3.47. The zero-order valence-electron chi connectivity index (χ0n) is 12.7. The van der Waals surface area contributed by atoms with Crippen molar-refractivity contribution in [2.45, 2.75) is 51.4 Å². The van der Waals surface area contributed by atoms with Crippen molar-refractivity contribution in [2.75, 3.05) is 14.2 Å². The second-order valence-corrected chi connectivity index (χ2v) is 6.12. The van der Waals surface area contributed by atoms with E-state index in [-0.39, 0.29) is 5.41 Å². The lowest BCUT2D eigenvalue weighted by Gasteiger charge is -2.38. The van der Waals surface area contributed by atoms with Crippen molar-refractivity contribution >= 4 is 0 Å². The van der Waals surface area contributed by atoms with E-state index in [1.54, 1.807) is 14.2 Å². The molecule has 0 atom stereocenters. The molecule has 2 nitrogen and oxygen atoms in total. The Morgan fingerprint density at radius 2 is 1.68 bits per heavy atom. The first kappa shape index (κ1) is 14.2. The van der Waals surface area contributed by atoms with Gasteiger partial charge < -0.3 is 9.47 Å². The van der Waals surface area contributed by atoms with E-state index in [2.05, 4.69) is 19.9 Å². The van der Waals surface area contributed by atoms with Gasteiger partial charge in [0.15, 0.2) is 0 Å². The van der Waals surface area contributed by atoms with Gasteiger partial charge in [0.1, 0.15) is 11.5 Å². The van der Waals surface area contributed by atoms with Crippen molar-refractivity contribution in [2.24, 2.45) is 5.92 Å². The van der Waals surface area contributed by atoms with E-state index in [9.17, 15) is 0 Å². The summed E-state index contributed by atoms with van der Waals surface area (Å²) in [6.07, 6.45) is 6.77. The SMILES string of the molecule is COc1ccc(OC)c(C(C)(C)C2CCCCC2)c1. The summed E-state index contributed by atoms with van der Waals surface area (Å²) < 4.78 is 10.9. The fourth-order valence-corrected chi connectivity index (χ4v) is 3.36. The van der Waals surface area contributed by atoms with E-state index in [0.717, 1.165) is 17.4 Å². The number of hydrogen-bond acceptors (Lipinski definition) is 2. The van der Waals surface area contributed by atoms with Crippen molar-refractivity contribution < 1.29 is 9.47 Å². The Balaban J connectivity index is 2.36. The second kappa shape index (κ2) is 5.85. The van der Waals surface area contributed by atoms with Gasteiger partial charge in [-0.1, -0.05) is 33.1 Å². The first-order valence-corrected chi connectivity index (χ1v) is 7.32. The molecule has 0 radical (unpaired) electrons. The molecule has 2 heteroatoms.